The molecule has 88 valence electrons. The highest BCUT2D eigenvalue weighted by atomic mass is 16.4. The molecule has 15 heavy (non-hydrogen) atoms. The van der Waals surface area contributed by atoms with Crippen LogP contribution in [0, 0.1) is 5.92 Å². The summed E-state index contributed by atoms with van der Waals surface area (Å²) in [6.45, 7) is 7.64. The van der Waals surface area contributed by atoms with Crippen molar-refractivity contribution in [2.24, 2.45) is 16.8 Å². The summed E-state index contributed by atoms with van der Waals surface area (Å²) in [5, 5.41) is 11.9. The maximum Gasteiger partial charge on any atom is 0.156 e. The summed E-state index contributed by atoms with van der Waals surface area (Å²) >= 11 is 0. The largest absolute Gasteiger partial charge is 0.409 e. The second kappa shape index (κ2) is 5.35. The van der Waals surface area contributed by atoms with E-state index in [4.69, 9.17) is 10.9 Å². The van der Waals surface area contributed by atoms with Crippen molar-refractivity contribution in [2.75, 3.05) is 6.54 Å². The highest BCUT2D eigenvalue weighted by Crippen LogP contribution is 2.25. The molecule has 0 spiro atoms. The summed E-state index contributed by atoms with van der Waals surface area (Å²) in [6, 6.07) is 0.608. The lowest BCUT2D eigenvalue weighted by Gasteiger charge is -2.42. The molecule has 0 amide bonds. The third-order valence-electron chi connectivity index (χ3n) is 3.67. The summed E-state index contributed by atoms with van der Waals surface area (Å²) in [5.41, 5.74) is 5.72. The predicted molar refractivity (Wildman–Crippen MR) is 62.1 cm³/mol. The van der Waals surface area contributed by atoms with Crippen LogP contribution in [0.15, 0.2) is 5.16 Å². The van der Waals surface area contributed by atoms with Gasteiger partial charge in [0.1, 0.15) is 0 Å². The van der Waals surface area contributed by atoms with Gasteiger partial charge in [-0.1, -0.05) is 19.0 Å². The molecule has 1 rings (SSSR count). The van der Waals surface area contributed by atoms with Gasteiger partial charge in [0.05, 0.1) is 6.04 Å². The summed E-state index contributed by atoms with van der Waals surface area (Å²) < 4.78 is 0. The topological polar surface area (TPSA) is 61.9 Å². The van der Waals surface area contributed by atoms with Gasteiger partial charge in [0.2, 0.25) is 0 Å². The van der Waals surface area contributed by atoms with E-state index in [-0.39, 0.29) is 6.04 Å². The Kier molecular flexibility index (Phi) is 4.39. The van der Waals surface area contributed by atoms with Crippen LogP contribution in [0.2, 0.25) is 0 Å². The van der Waals surface area contributed by atoms with Crippen molar-refractivity contribution in [3.63, 3.8) is 0 Å². The van der Waals surface area contributed by atoms with Crippen LogP contribution in [0.25, 0.3) is 0 Å². The van der Waals surface area contributed by atoms with Gasteiger partial charge in [0.25, 0.3) is 0 Å². The molecule has 0 saturated carbocycles. The van der Waals surface area contributed by atoms with Crippen LogP contribution in [0.5, 0.6) is 0 Å². The molecular weight excluding hydrogens is 190 g/mol. The number of hydrogen-bond acceptors (Lipinski definition) is 3. The number of nitrogens with two attached hydrogens (primary N) is 1. The maximum absolute atomic E-state index is 8.76. The van der Waals surface area contributed by atoms with E-state index in [1.807, 2.05) is 0 Å². The van der Waals surface area contributed by atoms with Crippen LogP contribution >= 0.6 is 0 Å². The zero-order chi connectivity index (χ0) is 11.4. The molecule has 1 saturated heterocycles. The first-order chi connectivity index (χ1) is 7.11. The normalized spacial score (nSPS) is 31.5. The van der Waals surface area contributed by atoms with Crippen LogP contribution in [-0.2, 0) is 0 Å². The van der Waals surface area contributed by atoms with Crippen molar-refractivity contribution >= 4 is 5.84 Å². The fourth-order valence-corrected chi connectivity index (χ4v) is 2.49. The van der Waals surface area contributed by atoms with Crippen molar-refractivity contribution < 1.29 is 5.21 Å². The second-order valence-corrected chi connectivity index (χ2v) is 4.55. The third kappa shape index (κ3) is 2.62. The summed E-state index contributed by atoms with van der Waals surface area (Å²) in [4.78, 5) is 2.36. The molecule has 1 fully saturated rings. The summed E-state index contributed by atoms with van der Waals surface area (Å²) in [7, 11) is 0. The van der Waals surface area contributed by atoms with Gasteiger partial charge in [-0.05, 0) is 38.6 Å². The average Bonchev–Trinajstić information content (AvgIpc) is 2.24. The maximum atomic E-state index is 8.76. The molecule has 1 heterocycles. The third-order valence-corrected chi connectivity index (χ3v) is 3.67. The van der Waals surface area contributed by atoms with Crippen LogP contribution < -0.4 is 5.73 Å². The monoisotopic (exact) mass is 213 g/mol. The Morgan fingerprint density at radius 2 is 2.27 bits per heavy atom. The number of piperidine rings is 1. The Morgan fingerprint density at radius 3 is 2.80 bits per heavy atom. The average molecular weight is 213 g/mol. The van der Waals surface area contributed by atoms with Crippen LogP contribution in [0.3, 0.4) is 0 Å². The van der Waals surface area contributed by atoms with Gasteiger partial charge in [-0.2, -0.15) is 0 Å². The number of nitrogens with zero attached hydrogens (tertiary/aromatic N) is 2. The minimum atomic E-state index is 0.0905. The Labute approximate surface area is 92.1 Å². The Bertz CT molecular complexity index is 230. The lowest BCUT2D eigenvalue weighted by atomic mass is 9.90. The van der Waals surface area contributed by atoms with Crippen molar-refractivity contribution in [3.05, 3.63) is 0 Å². The van der Waals surface area contributed by atoms with E-state index < -0.39 is 0 Å². The molecule has 0 aromatic heterocycles. The Hall–Kier alpha value is -0.770. The molecule has 4 heteroatoms. The van der Waals surface area contributed by atoms with Crippen LogP contribution in [-0.4, -0.2) is 34.6 Å². The number of amidine groups is 1. The standard InChI is InChI=1S/C11H23N3O/c1-4-10(11(12)13-15)14-7-5-6-8(2)9(14)3/h8-10,15H,4-7H2,1-3H3,(H2,12,13). The molecule has 1 aliphatic rings. The van der Waals surface area contributed by atoms with Crippen molar-refractivity contribution in [1.82, 2.24) is 4.90 Å². The van der Waals surface area contributed by atoms with Gasteiger partial charge < -0.3 is 10.9 Å². The minimum Gasteiger partial charge on any atom is -0.409 e. The fraction of sp³-hybridized carbons (Fsp3) is 0.909. The van der Waals surface area contributed by atoms with E-state index in [1.165, 1.54) is 12.8 Å². The molecule has 3 atom stereocenters. The molecule has 3 unspecified atom stereocenters. The van der Waals surface area contributed by atoms with Gasteiger partial charge in [0.15, 0.2) is 5.84 Å². The zero-order valence-corrected chi connectivity index (χ0v) is 9.98. The molecule has 0 aromatic carbocycles. The number of hydrogen-bond donors (Lipinski definition) is 2. The first kappa shape index (κ1) is 12.3. The fourth-order valence-electron chi connectivity index (χ4n) is 2.49. The van der Waals surface area contributed by atoms with Gasteiger partial charge >= 0.3 is 0 Å². The molecule has 0 aliphatic carbocycles. The molecule has 4 nitrogen and oxygen atoms in total. The Morgan fingerprint density at radius 1 is 1.60 bits per heavy atom. The number of rotatable bonds is 3. The molecular formula is C11H23N3O. The first-order valence-corrected chi connectivity index (χ1v) is 5.85. The second-order valence-electron chi connectivity index (χ2n) is 4.55. The van der Waals surface area contributed by atoms with Gasteiger partial charge in [-0.25, -0.2) is 0 Å². The van der Waals surface area contributed by atoms with Crippen molar-refractivity contribution in [1.29, 1.82) is 0 Å². The summed E-state index contributed by atoms with van der Waals surface area (Å²) in [6.07, 6.45) is 3.39. The van der Waals surface area contributed by atoms with E-state index >= 15 is 0 Å². The number of likely N-dealkylation sites (tertiary alicyclic amines) is 1. The lowest BCUT2D eigenvalue weighted by Crippen LogP contribution is -2.53. The van der Waals surface area contributed by atoms with Gasteiger partial charge in [0, 0.05) is 6.04 Å². The minimum absolute atomic E-state index is 0.0905. The predicted octanol–water partition coefficient (Wildman–Crippen LogP) is 1.63. The molecule has 0 radical (unpaired) electrons. The smallest absolute Gasteiger partial charge is 0.156 e. The highest BCUT2D eigenvalue weighted by Gasteiger charge is 2.31. The molecule has 0 aromatic rings. The Balaban J connectivity index is 2.74. The van der Waals surface area contributed by atoms with Crippen molar-refractivity contribution in [3.8, 4) is 0 Å². The lowest BCUT2D eigenvalue weighted by molar-refractivity contribution is 0.0906. The van der Waals surface area contributed by atoms with E-state index in [1.54, 1.807) is 0 Å². The SMILES string of the molecule is CCC(C(N)=NO)N1CCCC(C)C1C. The van der Waals surface area contributed by atoms with E-state index in [0.29, 0.717) is 17.8 Å². The molecule has 3 N–H and O–H groups in total. The van der Waals surface area contributed by atoms with Crippen molar-refractivity contribution in [2.45, 2.75) is 52.1 Å². The van der Waals surface area contributed by atoms with Gasteiger partial charge in [-0.15, -0.1) is 0 Å². The molecule has 0 bridgehead atoms. The zero-order valence-electron chi connectivity index (χ0n) is 9.98. The number of oxime groups is 1. The van der Waals surface area contributed by atoms with E-state index in [0.717, 1.165) is 13.0 Å². The highest BCUT2D eigenvalue weighted by molar-refractivity contribution is 5.85. The summed E-state index contributed by atoms with van der Waals surface area (Å²) in [5.74, 6) is 1.04. The van der Waals surface area contributed by atoms with Gasteiger partial charge in [-0.3, -0.25) is 4.90 Å². The van der Waals surface area contributed by atoms with E-state index in [9.17, 15) is 0 Å². The first-order valence-electron chi connectivity index (χ1n) is 5.85. The van der Waals surface area contributed by atoms with Crippen LogP contribution in [0.4, 0.5) is 0 Å². The van der Waals surface area contributed by atoms with E-state index in [2.05, 4.69) is 30.8 Å². The quantitative estimate of drug-likeness (QED) is 0.324. The molecule has 1 aliphatic heterocycles. The van der Waals surface area contributed by atoms with Crippen LogP contribution in [0.1, 0.15) is 40.0 Å².